The van der Waals surface area contributed by atoms with E-state index in [9.17, 15) is 14.7 Å². The van der Waals surface area contributed by atoms with Gasteiger partial charge in [-0.2, -0.15) is 0 Å². The summed E-state index contributed by atoms with van der Waals surface area (Å²) in [7, 11) is 0. The van der Waals surface area contributed by atoms with E-state index in [4.69, 9.17) is 0 Å². The predicted octanol–water partition coefficient (Wildman–Crippen LogP) is 2.28. The normalized spacial score (nSPS) is 38.1. The summed E-state index contributed by atoms with van der Waals surface area (Å²) in [5, 5.41) is 9.29. The number of aliphatic carboxylic acids is 1. The third-order valence-electron chi connectivity index (χ3n) is 5.24. The maximum absolute atomic E-state index is 12.6. The maximum Gasteiger partial charge on any atom is 0.319 e. The molecule has 4 heteroatoms. The summed E-state index contributed by atoms with van der Waals surface area (Å²) in [5.41, 5.74) is -0.638. The minimum Gasteiger partial charge on any atom is -0.480 e. The summed E-state index contributed by atoms with van der Waals surface area (Å²) in [6, 6.07) is 0.248. The molecular formula is C15H23NO3. The number of carboxylic acids is 1. The molecule has 0 aromatic heterocycles. The standard InChI is InChI=1S/C15H23NO3/c1-13(2)6-10-7-14(3,8-13)9-16(10)11(17)15(4-5-15)12(18)19/h10H,4-9H2,1-3H3,(H,18,19). The Morgan fingerprint density at radius 3 is 2.32 bits per heavy atom. The summed E-state index contributed by atoms with van der Waals surface area (Å²) in [4.78, 5) is 25.8. The zero-order valence-corrected chi connectivity index (χ0v) is 12.0. The average Bonchev–Trinajstić information content (AvgIpc) is 2.99. The first-order chi connectivity index (χ1) is 8.68. The molecule has 106 valence electrons. The molecule has 0 radical (unpaired) electrons. The van der Waals surface area contributed by atoms with Crippen molar-refractivity contribution in [2.24, 2.45) is 16.2 Å². The lowest BCUT2D eigenvalue weighted by atomic mass is 9.65. The van der Waals surface area contributed by atoms with Gasteiger partial charge in [-0.05, 0) is 42.9 Å². The maximum atomic E-state index is 12.6. The Bertz CT molecular complexity index is 452. The van der Waals surface area contributed by atoms with Crippen molar-refractivity contribution in [2.45, 2.75) is 58.9 Å². The van der Waals surface area contributed by atoms with Crippen molar-refractivity contribution in [1.29, 1.82) is 0 Å². The first kappa shape index (κ1) is 12.9. The number of likely N-dealkylation sites (tertiary alicyclic amines) is 1. The van der Waals surface area contributed by atoms with Crippen LogP contribution in [-0.4, -0.2) is 34.5 Å². The van der Waals surface area contributed by atoms with Gasteiger partial charge in [0, 0.05) is 12.6 Å². The molecule has 3 fully saturated rings. The number of carbonyl (C=O) groups is 2. The van der Waals surface area contributed by atoms with Crippen LogP contribution in [0.4, 0.5) is 0 Å². The van der Waals surface area contributed by atoms with E-state index in [2.05, 4.69) is 20.8 Å². The van der Waals surface area contributed by atoms with Crippen LogP contribution in [0.25, 0.3) is 0 Å². The van der Waals surface area contributed by atoms with E-state index < -0.39 is 11.4 Å². The van der Waals surface area contributed by atoms with Gasteiger partial charge >= 0.3 is 5.97 Å². The van der Waals surface area contributed by atoms with E-state index in [1.807, 2.05) is 4.90 Å². The molecule has 2 atom stereocenters. The number of carbonyl (C=O) groups excluding carboxylic acids is 1. The number of nitrogens with zero attached hydrogens (tertiary/aromatic N) is 1. The minimum absolute atomic E-state index is 0.119. The highest BCUT2D eigenvalue weighted by atomic mass is 16.4. The van der Waals surface area contributed by atoms with Gasteiger partial charge in [-0.25, -0.2) is 0 Å². The SMILES string of the molecule is CC1(C)CC2CC(C)(CN2C(=O)C2(C(=O)O)CC2)C1. The number of amides is 1. The lowest BCUT2D eigenvalue weighted by molar-refractivity contribution is -0.154. The summed E-state index contributed by atoms with van der Waals surface area (Å²) < 4.78 is 0. The zero-order chi connectivity index (χ0) is 14.1. The molecule has 1 amide bonds. The first-order valence-electron chi connectivity index (χ1n) is 7.22. The third kappa shape index (κ3) is 1.87. The van der Waals surface area contributed by atoms with Gasteiger partial charge in [0.15, 0.2) is 0 Å². The lowest BCUT2D eigenvalue weighted by Gasteiger charge is -2.39. The van der Waals surface area contributed by atoms with E-state index in [0.717, 1.165) is 25.8 Å². The Hall–Kier alpha value is -1.06. The Morgan fingerprint density at radius 2 is 1.79 bits per heavy atom. The fourth-order valence-electron chi connectivity index (χ4n) is 4.62. The smallest absolute Gasteiger partial charge is 0.319 e. The van der Waals surface area contributed by atoms with Gasteiger partial charge in [0.05, 0.1) is 0 Å². The van der Waals surface area contributed by atoms with E-state index in [0.29, 0.717) is 12.8 Å². The van der Waals surface area contributed by atoms with Crippen LogP contribution in [-0.2, 0) is 9.59 Å². The molecule has 1 heterocycles. The van der Waals surface area contributed by atoms with Gasteiger partial charge in [-0.1, -0.05) is 20.8 Å². The molecule has 1 saturated heterocycles. The number of hydrogen-bond donors (Lipinski definition) is 1. The van der Waals surface area contributed by atoms with Crippen LogP contribution in [0.2, 0.25) is 0 Å². The molecule has 1 N–H and O–H groups in total. The van der Waals surface area contributed by atoms with Gasteiger partial charge in [-0.15, -0.1) is 0 Å². The molecular weight excluding hydrogens is 242 g/mol. The highest BCUT2D eigenvalue weighted by Crippen LogP contribution is 2.55. The Kier molecular flexibility index (Phi) is 2.40. The highest BCUT2D eigenvalue weighted by molar-refractivity contribution is 6.05. The van der Waals surface area contributed by atoms with Crippen molar-refractivity contribution in [3.63, 3.8) is 0 Å². The van der Waals surface area contributed by atoms with E-state index in [1.165, 1.54) is 0 Å². The largest absolute Gasteiger partial charge is 0.480 e. The first-order valence-corrected chi connectivity index (χ1v) is 7.22. The fraction of sp³-hybridized carbons (Fsp3) is 0.867. The Morgan fingerprint density at radius 1 is 1.16 bits per heavy atom. The molecule has 19 heavy (non-hydrogen) atoms. The number of fused-ring (bicyclic) bond motifs is 2. The zero-order valence-electron chi connectivity index (χ0n) is 12.0. The summed E-state index contributed by atoms with van der Waals surface area (Å²) in [6.45, 7) is 7.51. The van der Waals surface area contributed by atoms with Crippen LogP contribution >= 0.6 is 0 Å². The van der Waals surface area contributed by atoms with Crippen LogP contribution in [0.5, 0.6) is 0 Å². The fourth-order valence-corrected chi connectivity index (χ4v) is 4.62. The van der Waals surface area contributed by atoms with E-state index in [1.54, 1.807) is 0 Å². The highest BCUT2D eigenvalue weighted by Gasteiger charge is 2.62. The van der Waals surface area contributed by atoms with Gasteiger partial charge < -0.3 is 10.0 Å². The second kappa shape index (κ2) is 3.53. The topological polar surface area (TPSA) is 57.6 Å². The molecule has 2 bridgehead atoms. The monoisotopic (exact) mass is 265 g/mol. The Balaban J connectivity index is 1.85. The molecule has 3 aliphatic rings. The summed E-state index contributed by atoms with van der Waals surface area (Å²) >= 11 is 0. The van der Waals surface area contributed by atoms with Crippen molar-refractivity contribution in [1.82, 2.24) is 4.90 Å². The van der Waals surface area contributed by atoms with Crippen LogP contribution in [0, 0.1) is 16.2 Å². The predicted molar refractivity (Wildman–Crippen MR) is 70.5 cm³/mol. The Labute approximate surface area is 114 Å². The van der Waals surface area contributed by atoms with Crippen LogP contribution in [0.15, 0.2) is 0 Å². The molecule has 2 saturated carbocycles. The average molecular weight is 265 g/mol. The molecule has 0 aromatic carbocycles. The molecule has 2 unspecified atom stereocenters. The van der Waals surface area contributed by atoms with E-state index in [-0.39, 0.29) is 22.8 Å². The van der Waals surface area contributed by atoms with Crippen molar-refractivity contribution in [3.8, 4) is 0 Å². The van der Waals surface area contributed by atoms with Crippen LogP contribution < -0.4 is 0 Å². The van der Waals surface area contributed by atoms with Gasteiger partial charge in [0.25, 0.3) is 0 Å². The molecule has 2 aliphatic carbocycles. The van der Waals surface area contributed by atoms with Crippen LogP contribution in [0.3, 0.4) is 0 Å². The summed E-state index contributed by atoms with van der Waals surface area (Å²) in [6.07, 6.45) is 4.21. The van der Waals surface area contributed by atoms with Crippen molar-refractivity contribution < 1.29 is 14.7 Å². The quantitative estimate of drug-likeness (QED) is 0.779. The van der Waals surface area contributed by atoms with Gasteiger partial charge in [0.2, 0.25) is 5.91 Å². The van der Waals surface area contributed by atoms with Crippen LogP contribution in [0.1, 0.15) is 52.9 Å². The minimum atomic E-state index is -1.07. The van der Waals surface area contributed by atoms with Crippen molar-refractivity contribution in [3.05, 3.63) is 0 Å². The lowest BCUT2D eigenvalue weighted by Crippen LogP contribution is -2.44. The molecule has 1 aliphatic heterocycles. The van der Waals surface area contributed by atoms with Gasteiger partial charge in [-0.3, -0.25) is 9.59 Å². The number of rotatable bonds is 2. The molecule has 0 spiro atoms. The molecule has 4 nitrogen and oxygen atoms in total. The second-order valence-electron chi connectivity index (χ2n) is 8.03. The molecule has 3 rings (SSSR count). The molecule has 0 aromatic rings. The van der Waals surface area contributed by atoms with Crippen molar-refractivity contribution >= 4 is 11.9 Å². The second-order valence-corrected chi connectivity index (χ2v) is 8.03. The van der Waals surface area contributed by atoms with Crippen molar-refractivity contribution in [2.75, 3.05) is 6.54 Å². The number of hydrogen-bond acceptors (Lipinski definition) is 2. The number of carboxylic acid groups (broad SMARTS) is 1. The van der Waals surface area contributed by atoms with Gasteiger partial charge in [0.1, 0.15) is 5.41 Å². The summed E-state index contributed by atoms with van der Waals surface area (Å²) in [5.74, 6) is -1.05. The third-order valence-corrected chi connectivity index (χ3v) is 5.24. The van der Waals surface area contributed by atoms with E-state index >= 15 is 0 Å².